The molecule has 33 heavy (non-hydrogen) atoms. The Balaban J connectivity index is 1.62. The third-order valence-corrected chi connectivity index (χ3v) is 7.68. The third kappa shape index (κ3) is 3.51. The van der Waals surface area contributed by atoms with Crippen molar-refractivity contribution in [3.8, 4) is 0 Å². The van der Waals surface area contributed by atoms with Gasteiger partial charge in [0.15, 0.2) is 0 Å². The summed E-state index contributed by atoms with van der Waals surface area (Å²) in [5.41, 5.74) is 0.475. The number of amides is 2. The number of halogens is 3. The molecule has 0 N–H and O–H groups in total. The van der Waals surface area contributed by atoms with Crippen molar-refractivity contribution >= 4 is 35.0 Å². The van der Waals surface area contributed by atoms with Gasteiger partial charge in [-0.2, -0.15) is 13.2 Å². The van der Waals surface area contributed by atoms with Gasteiger partial charge in [0.05, 0.1) is 36.4 Å². The zero-order valence-corrected chi connectivity index (χ0v) is 18.7. The molecule has 2 atom stereocenters. The highest BCUT2D eigenvalue weighted by atomic mass is 32.2. The van der Waals surface area contributed by atoms with Gasteiger partial charge in [0.25, 0.3) is 5.91 Å². The molecule has 0 saturated carbocycles. The summed E-state index contributed by atoms with van der Waals surface area (Å²) in [5, 5.41) is -0.597. The largest absolute Gasteiger partial charge is 0.416 e. The van der Waals surface area contributed by atoms with Gasteiger partial charge in [0.2, 0.25) is 10.8 Å². The van der Waals surface area contributed by atoms with Gasteiger partial charge in [-0.1, -0.05) is 24.3 Å². The van der Waals surface area contributed by atoms with E-state index in [2.05, 4.69) is 4.90 Å². The molecule has 2 aromatic rings. The number of alkyl halides is 3. The van der Waals surface area contributed by atoms with Crippen LogP contribution in [-0.2, 0) is 25.4 Å². The smallest absolute Gasteiger partial charge is 0.379 e. The highest BCUT2D eigenvalue weighted by Gasteiger charge is 2.63. The second kappa shape index (κ2) is 8.03. The molecule has 10 heteroatoms. The number of anilines is 2. The first kappa shape index (κ1) is 22.2. The molecule has 2 fully saturated rings. The van der Waals surface area contributed by atoms with E-state index in [1.165, 1.54) is 28.8 Å². The summed E-state index contributed by atoms with van der Waals surface area (Å²) in [6.07, 6.45) is -4.56. The van der Waals surface area contributed by atoms with Crippen LogP contribution in [-0.4, -0.2) is 54.9 Å². The van der Waals surface area contributed by atoms with E-state index in [-0.39, 0.29) is 11.6 Å². The Hall–Kier alpha value is -2.56. The highest BCUT2D eigenvalue weighted by molar-refractivity contribution is 8.03. The van der Waals surface area contributed by atoms with Crippen LogP contribution in [0.4, 0.5) is 24.5 Å². The summed E-state index contributed by atoms with van der Waals surface area (Å²) in [5.74, 6) is -0.717. The summed E-state index contributed by atoms with van der Waals surface area (Å²) in [4.78, 5) is 30.9. The lowest BCUT2D eigenvalue weighted by molar-refractivity contribution is -0.137. The first-order valence-corrected chi connectivity index (χ1v) is 11.5. The monoisotopic (exact) mass is 477 g/mol. The summed E-state index contributed by atoms with van der Waals surface area (Å²) in [6, 6.07) is 11.8. The second-order valence-corrected chi connectivity index (χ2v) is 9.78. The standard InChI is InChI=1S/C23H22F3N3O3S/c1-15-20(30)29(17-6-4-5-16(13-17)23(24,25)26)22(33-15)18-7-2-3-8-19(18)28(21(22)31)14-27-9-11-32-12-10-27/h2-8,13,15H,9-12,14H2,1H3/t15-,22-/m1/s1. The van der Waals surface area contributed by atoms with Gasteiger partial charge >= 0.3 is 6.18 Å². The number of nitrogens with zero attached hydrogens (tertiary/aromatic N) is 3. The molecule has 0 radical (unpaired) electrons. The number of morpholine rings is 1. The maximum absolute atomic E-state index is 14.0. The minimum atomic E-state index is -4.56. The van der Waals surface area contributed by atoms with Crippen molar-refractivity contribution in [3.05, 3.63) is 59.7 Å². The molecule has 5 rings (SSSR count). The van der Waals surface area contributed by atoms with Crippen LogP contribution in [0.2, 0.25) is 0 Å². The molecule has 0 aromatic heterocycles. The van der Waals surface area contributed by atoms with Gasteiger partial charge in [0.1, 0.15) is 0 Å². The Bertz CT molecular complexity index is 1110. The van der Waals surface area contributed by atoms with Gasteiger partial charge in [-0.05, 0) is 31.2 Å². The number of rotatable bonds is 3. The van der Waals surface area contributed by atoms with Gasteiger partial charge in [-0.15, -0.1) is 11.8 Å². The second-order valence-electron chi connectivity index (χ2n) is 8.25. The average Bonchev–Trinajstić information content (AvgIpc) is 3.20. The maximum atomic E-state index is 14.0. The van der Waals surface area contributed by atoms with E-state index < -0.39 is 27.8 Å². The van der Waals surface area contributed by atoms with Crippen LogP contribution in [0.1, 0.15) is 18.1 Å². The molecule has 2 amide bonds. The van der Waals surface area contributed by atoms with E-state index >= 15 is 0 Å². The summed E-state index contributed by atoms with van der Waals surface area (Å²) < 4.78 is 45.7. The number of carbonyl (C=O) groups is 2. The number of thioether (sulfide) groups is 1. The van der Waals surface area contributed by atoms with Crippen LogP contribution in [0, 0.1) is 0 Å². The molecular weight excluding hydrogens is 455 g/mol. The van der Waals surface area contributed by atoms with Crippen LogP contribution in [0.3, 0.4) is 0 Å². The molecule has 174 valence electrons. The van der Waals surface area contributed by atoms with Crippen LogP contribution < -0.4 is 9.80 Å². The molecule has 6 nitrogen and oxygen atoms in total. The fraction of sp³-hybridized carbons (Fsp3) is 0.391. The lowest BCUT2D eigenvalue weighted by Crippen LogP contribution is -2.52. The summed E-state index contributed by atoms with van der Waals surface area (Å²) >= 11 is 1.18. The lowest BCUT2D eigenvalue weighted by atomic mass is 10.0. The topological polar surface area (TPSA) is 53.1 Å². The predicted octanol–water partition coefficient (Wildman–Crippen LogP) is 3.66. The van der Waals surface area contributed by atoms with Crippen molar-refractivity contribution in [2.24, 2.45) is 0 Å². The van der Waals surface area contributed by atoms with E-state index in [4.69, 9.17) is 4.74 Å². The van der Waals surface area contributed by atoms with Crippen molar-refractivity contribution < 1.29 is 27.5 Å². The number of benzene rings is 2. The molecule has 3 aliphatic rings. The molecule has 0 aliphatic carbocycles. The Morgan fingerprint density at radius 2 is 1.82 bits per heavy atom. The highest BCUT2D eigenvalue weighted by Crippen LogP contribution is 2.58. The van der Waals surface area contributed by atoms with E-state index in [1.807, 2.05) is 12.1 Å². The molecule has 0 unspecified atom stereocenters. The first-order valence-electron chi connectivity index (χ1n) is 10.6. The molecule has 2 saturated heterocycles. The Kier molecular flexibility index (Phi) is 5.42. The number of fused-ring (bicyclic) bond motifs is 2. The quantitative estimate of drug-likeness (QED) is 0.676. The van der Waals surface area contributed by atoms with Crippen molar-refractivity contribution in [2.45, 2.75) is 23.2 Å². The fourth-order valence-electron chi connectivity index (χ4n) is 4.64. The summed E-state index contributed by atoms with van der Waals surface area (Å²) in [7, 11) is 0. The van der Waals surface area contributed by atoms with Crippen molar-refractivity contribution in [1.82, 2.24) is 4.90 Å². The van der Waals surface area contributed by atoms with E-state index in [0.717, 1.165) is 12.1 Å². The molecule has 3 heterocycles. The number of hydrogen-bond acceptors (Lipinski definition) is 5. The average molecular weight is 478 g/mol. The lowest BCUT2D eigenvalue weighted by Gasteiger charge is -2.35. The molecule has 3 aliphatic heterocycles. The van der Waals surface area contributed by atoms with Gasteiger partial charge in [-0.3, -0.25) is 24.3 Å². The molecule has 1 spiro atoms. The van der Waals surface area contributed by atoms with Crippen molar-refractivity contribution in [2.75, 3.05) is 42.8 Å². The number of hydrogen-bond donors (Lipinski definition) is 0. The predicted molar refractivity (Wildman–Crippen MR) is 119 cm³/mol. The minimum Gasteiger partial charge on any atom is -0.379 e. The minimum absolute atomic E-state index is 0.0584. The molecule has 0 bridgehead atoms. The fourth-order valence-corrected chi connectivity index (χ4v) is 6.17. The van der Waals surface area contributed by atoms with Crippen LogP contribution >= 0.6 is 11.8 Å². The van der Waals surface area contributed by atoms with E-state index in [0.29, 0.717) is 44.2 Å². The SMILES string of the molecule is C[C@H]1S[C@]2(C(=O)N(CN3CCOCC3)c3ccccc32)N(c2cccc(C(F)(F)F)c2)C1=O. The Labute approximate surface area is 193 Å². The van der Waals surface area contributed by atoms with Crippen LogP contribution in [0.15, 0.2) is 48.5 Å². The Morgan fingerprint density at radius 1 is 1.09 bits per heavy atom. The molecular formula is C23H22F3N3O3S. The number of ether oxygens (including phenoxy) is 1. The van der Waals surface area contributed by atoms with E-state index in [1.54, 1.807) is 24.0 Å². The van der Waals surface area contributed by atoms with Gasteiger partial charge < -0.3 is 4.74 Å². The normalized spacial score (nSPS) is 25.9. The maximum Gasteiger partial charge on any atom is 0.416 e. The van der Waals surface area contributed by atoms with Crippen molar-refractivity contribution in [3.63, 3.8) is 0 Å². The van der Waals surface area contributed by atoms with Crippen LogP contribution in [0.5, 0.6) is 0 Å². The third-order valence-electron chi connectivity index (χ3n) is 6.20. The zero-order valence-electron chi connectivity index (χ0n) is 17.8. The first-order chi connectivity index (χ1) is 15.7. The molecule has 2 aromatic carbocycles. The number of para-hydroxylation sites is 1. The summed E-state index contributed by atoms with van der Waals surface area (Å²) in [6.45, 7) is 4.46. The van der Waals surface area contributed by atoms with Crippen LogP contribution in [0.25, 0.3) is 0 Å². The van der Waals surface area contributed by atoms with Crippen molar-refractivity contribution in [1.29, 1.82) is 0 Å². The number of carbonyl (C=O) groups excluding carboxylic acids is 2. The van der Waals surface area contributed by atoms with Gasteiger partial charge in [0, 0.05) is 24.3 Å². The zero-order chi connectivity index (χ0) is 23.4. The van der Waals surface area contributed by atoms with Gasteiger partial charge in [-0.25, -0.2) is 0 Å². The van der Waals surface area contributed by atoms with E-state index in [9.17, 15) is 22.8 Å². The Morgan fingerprint density at radius 3 is 2.55 bits per heavy atom.